The van der Waals surface area contributed by atoms with E-state index in [2.05, 4.69) is 36.5 Å². The van der Waals surface area contributed by atoms with Gasteiger partial charge in [0.05, 0.1) is 31.0 Å². The molecule has 3 aromatic carbocycles. The van der Waals surface area contributed by atoms with Crippen LogP contribution in [0.3, 0.4) is 0 Å². The summed E-state index contributed by atoms with van der Waals surface area (Å²) in [4.78, 5) is 4.81. The first kappa shape index (κ1) is 28.9. The highest BCUT2D eigenvalue weighted by Crippen LogP contribution is 2.32. The number of aromatic nitrogens is 1. The summed E-state index contributed by atoms with van der Waals surface area (Å²) < 4.78 is 48.8. The van der Waals surface area contributed by atoms with Gasteiger partial charge in [-0.05, 0) is 74.7 Å². The Morgan fingerprint density at radius 2 is 1.85 bits per heavy atom. The summed E-state index contributed by atoms with van der Waals surface area (Å²) >= 11 is 0. The third-order valence-corrected chi connectivity index (χ3v) is 8.19. The van der Waals surface area contributed by atoms with Crippen molar-refractivity contribution in [2.75, 3.05) is 31.7 Å². The Morgan fingerprint density at radius 1 is 1.00 bits per heavy atom. The Bertz CT molecular complexity index is 1570. The standard InChI is InChI=1S/C32H36N2O6S/c1-3-33-26-14-11-24(12-15-26)28-17-13-25-22-27(16-18-29(25)34-28)37-20-7-21-39-41(35,36)30-9-6-8-23(2)32(30)40-31-10-4-5-19-38-31/h6,8-9,11-18,22,31,33H,3-5,7,10,19-21H2,1-2H3. The minimum atomic E-state index is -4.02. The molecule has 2 heterocycles. The molecule has 5 rings (SSSR count). The van der Waals surface area contributed by atoms with Crippen LogP contribution in [-0.2, 0) is 19.0 Å². The van der Waals surface area contributed by atoms with Gasteiger partial charge in [-0.2, -0.15) is 8.42 Å². The van der Waals surface area contributed by atoms with Crippen LogP contribution in [0.25, 0.3) is 22.2 Å². The monoisotopic (exact) mass is 576 g/mol. The first-order chi connectivity index (χ1) is 19.9. The number of rotatable bonds is 12. The minimum Gasteiger partial charge on any atom is -0.493 e. The fraction of sp³-hybridized carbons (Fsp3) is 0.344. The zero-order valence-corrected chi connectivity index (χ0v) is 24.3. The molecule has 4 aromatic rings. The molecular formula is C32H36N2O6S. The fourth-order valence-corrected chi connectivity index (χ4v) is 5.85. The van der Waals surface area contributed by atoms with E-state index in [1.54, 1.807) is 6.07 Å². The molecule has 0 spiro atoms. The van der Waals surface area contributed by atoms with Gasteiger partial charge in [0.25, 0.3) is 0 Å². The second-order valence-electron chi connectivity index (χ2n) is 9.95. The van der Waals surface area contributed by atoms with E-state index >= 15 is 0 Å². The highest BCUT2D eigenvalue weighted by atomic mass is 32.2. The number of nitrogens with zero attached hydrogens (tertiary/aromatic N) is 1. The molecule has 41 heavy (non-hydrogen) atoms. The lowest BCUT2D eigenvalue weighted by molar-refractivity contribution is -0.107. The Kier molecular flexibility index (Phi) is 9.38. The van der Waals surface area contributed by atoms with Gasteiger partial charge in [0.2, 0.25) is 0 Å². The van der Waals surface area contributed by atoms with Crippen LogP contribution in [0, 0.1) is 6.92 Å². The molecule has 1 aliphatic heterocycles. The number of hydrogen-bond donors (Lipinski definition) is 1. The van der Waals surface area contributed by atoms with Crippen LogP contribution in [0.1, 0.15) is 38.2 Å². The highest BCUT2D eigenvalue weighted by Gasteiger charge is 2.25. The lowest BCUT2D eigenvalue weighted by Crippen LogP contribution is -2.26. The van der Waals surface area contributed by atoms with Crippen LogP contribution in [0.15, 0.2) is 77.7 Å². The molecular weight excluding hydrogens is 540 g/mol. The van der Waals surface area contributed by atoms with Gasteiger partial charge < -0.3 is 19.5 Å². The number of anilines is 1. The Balaban J connectivity index is 1.15. The minimum absolute atomic E-state index is 0.0132. The summed E-state index contributed by atoms with van der Waals surface area (Å²) in [5.74, 6) is 0.973. The number of pyridine rings is 1. The summed E-state index contributed by atoms with van der Waals surface area (Å²) in [6, 6.07) is 23.0. The quantitative estimate of drug-likeness (QED) is 0.147. The molecule has 1 N–H and O–H groups in total. The summed E-state index contributed by atoms with van der Waals surface area (Å²) in [7, 11) is -4.02. The van der Waals surface area contributed by atoms with Gasteiger partial charge in [0, 0.05) is 36.0 Å². The third-order valence-electron chi connectivity index (χ3n) is 6.85. The largest absolute Gasteiger partial charge is 0.493 e. The van der Waals surface area contributed by atoms with Crippen molar-refractivity contribution in [3.8, 4) is 22.8 Å². The molecule has 216 valence electrons. The molecule has 0 saturated carbocycles. The van der Waals surface area contributed by atoms with E-state index in [1.165, 1.54) is 6.07 Å². The Morgan fingerprint density at radius 3 is 2.63 bits per heavy atom. The maximum atomic E-state index is 13.0. The topological polar surface area (TPSA) is 96.0 Å². The number of ether oxygens (including phenoxy) is 3. The average Bonchev–Trinajstić information content (AvgIpc) is 2.99. The predicted octanol–water partition coefficient (Wildman–Crippen LogP) is 6.72. The second kappa shape index (κ2) is 13.3. The molecule has 1 atom stereocenters. The van der Waals surface area contributed by atoms with Gasteiger partial charge in [-0.15, -0.1) is 0 Å². The van der Waals surface area contributed by atoms with Gasteiger partial charge in [-0.3, -0.25) is 4.18 Å². The van der Waals surface area contributed by atoms with E-state index in [0.717, 1.165) is 53.7 Å². The first-order valence-electron chi connectivity index (χ1n) is 14.1. The molecule has 1 saturated heterocycles. The molecule has 1 unspecified atom stereocenters. The summed E-state index contributed by atoms with van der Waals surface area (Å²) in [6.07, 6.45) is 2.63. The van der Waals surface area contributed by atoms with E-state index in [1.807, 2.05) is 43.3 Å². The van der Waals surface area contributed by atoms with E-state index in [0.29, 0.717) is 30.9 Å². The molecule has 1 fully saturated rings. The lowest BCUT2D eigenvalue weighted by Gasteiger charge is -2.25. The normalized spacial score (nSPS) is 15.5. The number of fused-ring (bicyclic) bond motifs is 1. The summed E-state index contributed by atoms with van der Waals surface area (Å²) in [5, 5.41) is 4.26. The van der Waals surface area contributed by atoms with Crippen molar-refractivity contribution in [1.82, 2.24) is 4.98 Å². The van der Waals surface area contributed by atoms with Crippen LogP contribution >= 0.6 is 0 Å². The molecule has 1 aliphatic rings. The van der Waals surface area contributed by atoms with E-state index in [-0.39, 0.29) is 17.3 Å². The van der Waals surface area contributed by atoms with Crippen molar-refractivity contribution in [3.05, 3.63) is 78.4 Å². The van der Waals surface area contributed by atoms with Crippen molar-refractivity contribution >= 4 is 26.7 Å². The first-order valence-corrected chi connectivity index (χ1v) is 15.5. The number of nitrogens with one attached hydrogen (secondary N) is 1. The predicted molar refractivity (Wildman–Crippen MR) is 160 cm³/mol. The van der Waals surface area contributed by atoms with Crippen molar-refractivity contribution in [2.24, 2.45) is 0 Å². The van der Waals surface area contributed by atoms with Crippen LogP contribution in [0.5, 0.6) is 11.5 Å². The van der Waals surface area contributed by atoms with Gasteiger partial charge in [0.15, 0.2) is 6.29 Å². The molecule has 0 bridgehead atoms. The van der Waals surface area contributed by atoms with Crippen molar-refractivity contribution in [1.29, 1.82) is 0 Å². The number of para-hydroxylation sites is 1. The zero-order valence-electron chi connectivity index (χ0n) is 23.5. The van der Waals surface area contributed by atoms with Crippen molar-refractivity contribution < 1.29 is 26.8 Å². The molecule has 0 radical (unpaired) electrons. The molecule has 8 nitrogen and oxygen atoms in total. The number of aryl methyl sites for hydroxylation is 1. The second-order valence-corrected chi connectivity index (χ2v) is 11.5. The summed E-state index contributed by atoms with van der Waals surface area (Å²) in [6.45, 7) is 5.66. The van der Waals surface area contributed by atoms with E-state index in [4.69, 9.17) is 23.4 Å². The zero-order chi connectivity index (χ0) is 28.7. The maximum Gasteiger partial charge on any atom is 0.300 e. The molecule has 0 aliphatic carbocycles. The SMILES string of the molecule is CCNc1ccc(-c2ccc3cc(OCCCOS(=O)(=O)c4cccc(C)c4OC4CCCCO4)ccc3n2)cc1. The van der Waals surface area contributed by atoms with Crippen LogP contribution in [0.2, 0.25) is 0 Å². The van der Waals surface area contributed by atoms with Crippen LogP contribution < -0.4 is 14.8 Å². The van der Waals surface area contributed by atoms with E-state index in [9.17, 15) is 8.42 Å². The van der Waals surface area contributed by atoms with Crippen molar-refractivity contribution in [3.63, 3.8) is 0 Å². The number of hydrogen-bond acceptors (Lipinski definition) is 8. The van der Waals surface area contributed by atoms with Gasteiger partial charge in [-0.1, -0.05) is 30.3 Å². The van der Waals surface area contributed by atoms with Gasteiger partial charge in [-0.25, -0.2) is 4.98 Å². The molecule has 0 amide bonds. The average molecular weight is 577 g/mol. The maximum absolute atomic E-state index is 13.0. The van der Waals surface area contributed by atoms with E-state index < -0.39 is 16.4 Å². The number of benzene rings is 3. The smallest absolute Gasteiger partial charge is 0.300 e. The fourth-order valence-electron chi connectivity index (χ4n) is 4.71. The van der Waals surface area contributed by atoms with Gasteiger partial charge in [0.1, 0.15) is 16.4 Å². The molecule has 9 heteroatoms. The van der Waals surface area contributed by atoms with Gasteiger partial charge >= 0.3 is 10.1 Å². The molecule has 1 aromatic heterocycles. The third kappa shape index (κ3) is 7.35. The Labute approximate surface area is 241 Å². The van der Waals surface area contributed by atoms with Crippen LogP contribution in [0.4, 0.5) is 5.69 Å². The highest BCUT2D eigenvalue weighted by molar-refractivity contribution is 7.86. The van der Waals surface area contributed by atoms with Crippen LogP contribution in [-0.4, -0.2) is 46.1 Å². The van der Waals surface area contributed by atoms with Crippen molar-refractivity contribution in [2.45, 2.75) is 50.7 Å². The lowest BCUT2D eigenvalue weighted by atomic mass is 10.1. The summed E-state index contributed by atoms with van der Waals surface area (Å²) in [5.41, 5.74) is 4.62. The Hall–Kier alpha value is -3.66.